The molecule has 1 heterocycles. The first-order valence-electron chi connectivity index (χ1n) is 6.65. The second-order valence-electron chi connectivity index (χ2n) is 5.40. The summed E-state index contributed by atoms with van der Waals surface area (Å²) in [6.07, 6.45) is 3.16. The number of hydrogen-bond donors (Lipinski definition) is 1. The molecule has 1 saturated heterocycles. The largest absolute Gasteiger partial charge is 0.469 e. The van der Waals surface area contributed by atoms with Gasteiger partial charge >= 0.3 is 5.97 Å². The summed E-state index contributed by atoms with van der Waals surface area (Å²) in [6.45, 7) is 2.09. The summed E-state index contributed by atoms with van der Waals surface area (Å²) in [5.41, 5.74) is 2.76. The molecule has 1 spiro atoms. The highest BCUT2D eigenvalue weighted by molar-refractivity contribution is 5.80. The third kappa shape index (κ3) is 1.65. The maximum atomic E-state index is 12.0. The minimum absolute atomic E-state index is 0.0655. The number of rotatable bonds is 1. The smallest absolute Gasteiger partial charge is 0.313 e. The van der Waals surface area contributed by atoms with E-state index in [1.165, 1.54) is 18.2 Å². The molecular weight excluding hydrogens is 226 g/mol. The first-order valence-corrected chi connectivity index (χ1v) is 6.65. The summed E-state index contributed by atoms with van der Waals surface area (Å²) in [5.74, 6) is -0.151. The van der Waals surface area contributed by atoms with Crippen molar-refractivity contribution in [2.45, 2.75) is 30.6 Å². The van der Waals surface area contributed by atoms with Gasteiger partial charge in [0.05, 0.1) is 13.0 Å². The summed E-state index contributed by atoms with van der Waals surface area (Å²) in [6, 6.07) is 8.40. The first-order chi connectivity index (χ1) is 8.77. The van der Waals surface area contributed by atoms with Gasteiger partial charge in [0.25, 0.3) is 0 Å². The Hall–Kier alpha value is -1.35. The Labute approximate surface area is 108 Å². The monoisotopic (exact) mass is 245 g/mol. The average Bonchev–Trinajstić information content (AvgIpc) is 2.74. The number of methoxy groups -OCH3 is 1. The predicted octanol–water partition coefficient (Wildman–Crippen LogP) is 1.97. The van der Waals surface area contributed by atoms with E-state index >= 15 is 0 Å². The van der Waals surface area contributed by atoms with Gasteiger partial charge in [0.2, 0.25) is 0 Å². The molecule has 18 heavy (non-hydrogen) atoms. The minimum atomic E-state index is -0.0853. The molecule has 1 aromatic carbocycles. The fourth-order valence-corrected chi connectivity index (χ4v) is 3.63. The van der Waals surface area contributed by atoms with E-state index in [1.54, 1.807) is 0 Å². The van der Waals surface area contributed by atoms with Gasteiger partial charge in [-0.25, -0.2) is 0 Å². The number of carbonyl (C=O) groups is 1. The zero-order valence-electron chi connectivity index (χ0n) is 10.7. The standard InChI is InChI=1S/C15H19NO2/c1-18-14(17)12-10-15(6-8-16-9-7-15)13-5-3-2-4-11(12)13/h2-5,12,16H,6-10H2,1H3. The van der Waals surface area contributed by atoms with E-state index in [-0.39, 0.29) is 17.3 Å². The summed E-state index contributed by atoms with van der Waals surface area (Å²) >= 11 is 0. The molecule has 3 rings (SSSR count). The highest BCUT2D eigenvalue weighted by atomic mass is 16.5. The molecule has 0 bridgehead atoms. The van der Waals surface area contributed by atoms with E-state index in [1.807, 2.05) is 6.07 Å². The lowest BCUT2D eigenvalue weighted by molar-refractivity contribution is -0.142. The molecule has 1 aromatic rings. The van der Waals surface area contributed by atoms with Crippen molar-refractivity contribution in [3.05, 3.63) is 35.4 Å². The lowest BCUT2D eigenvalue weighted by Crippen LogP contribution is -2.38. The third-order valence-corrected chi connectivity index (χ3v) is 4.55. The van der Waals surface area contributed by atoms with Crippen LogP contribution >= 0.6 is 0 Å². The van der Waals surface area contributed by atoms with E-state index in [0.717, 1.165) is 32.4 Å². The van der Waals surface area contributed by atoms with Crippen LogP contribution in [0.3, 0.4) is 0 Å². The number of benzene rings is 1. The predicted molar refractivity (Wildman–Crippen MR) is 69.6 cm³/mol. The van der Waals surface area contributed by atoms with Gasteiger partial charge in [-0.1, -0.05) is 24.3 Å². The van der Waals surface area contributed by atoms with Crippen molar-refractivity contribution >= 4 is 5.97 Å². The topological polar surface area (TPSA) is 38.3 Å². The number of esters is 1. The summed E-state index contributed by atoms with van der Waals surface area (Å²) in [4.78, 5) is 12.0. The van der Waals surface area contributed by atoms with Crippen molar-refractivity contribution in [3.63, 3.8) is 0 Å². The normalized spacial score (nSPS) is 24.8. The Morgan fingerprint density at radius 3 is 2.78 bits per heavy atom. The van der Waals surface area contributed by atoms with Gasteiger partial charge in [0.1, 0.15) is 0 Å². The van der Waals surface area contributed by atoms with Crippen LogP contribution in [-0.4, -0.2) is 26.2 Å². The Morgan fingerprint density at radius 1 is 1.33 bits per heavy atom. The van der Waals surface area contributed by atoms with Crippen LogP contribution in [0.2, 0.25) is 0 Å². The number of ether oxygens (including phenoxy) is 1. The van der Waals surface area contributed by atoms with Crippen LogP contribution in [0, 0.1) is 0 Å². The van der Waals surface area contributed by atoms with E-state index in [2.05, 4.69) is 23.5 Å². The van der Waals surface area contributed by atoms with Crippen molar-refractivity contribution in [1.82, 2.24) is 5.32 Å². The van der Waals surface area contributed by atoms with E-state index in [0.29, 0.717) is 0 Å². The van der Waals surface area contributed by atoms with Crippen molar-refractivity contribution < 1.29 is 9.53 Å². The van der Waals surface area contributed by atoms with Gasteiger partial charge in [-0.15, -0.1) is 0 Å². The van der Waals surface area contributed by atoms with E-state index < -0.39 is 0 Å². The van der Waals surface area contributed by atoms with E-state index in [9.17, 15) is 4.79 Å². The molecule has 0 saturated carbocycles. The maximum absolute atomic E-state index is 12.0. The fourth-order valence-electron chi connectivity index (χ4n) is 3.63. The molecule has 1 unspecified atom stereocenters. The van der Waals surface area contributed by atoms with Crippen LogP contribution in [-0.2, 0) is 14.9 Å². The molecule has 2 aliphatic rings. The van der Waals surface area contributed by atoms with Gasteiger partial charge in [0, 0.05) is 0 Å². The Balaban J connectivity index is 2.03. The Morgan fingerprint density at radius 2 is 2.06 bits per heavy atom. The van der Waals surface area contributed by atoms with Gasteiger partial charge in [-0.05, 0) is 48.9 Å². The first kappa shape index (κ1) is 11.7. The molecule has 1 aliphatic carbocycles. The molecule has 1 N–H and O–H groups in total. The van der Waals surface area contributed by atoms with Gasteiger partial charge < -0.3 is 10.1 Å². The SMILES string of the molecule is COC(=O)C1CC2(CCNCC2)c2ccccc21. The Kier molecular flexibility index (Phi) is 2.86. The van der Waals surface area contributed by atoms with Gasteiger partial charge in [0.15, 0.2) is 0 Å². The molecular formula is C15H19NO2. The van der Waals surface area contributed by atoms with Gasteiger partial charge in [-0.3, -0.25) is 4.79 Å². The molecule has 1 fully saturated rings. The summed E-state index contributed by atoms with van der Waals surface area (Å²) in [7, 11) is 1.48. The van der Waals surface area contributed by atoms with Crippen LogP contribution in [0.25, 0.3) is 0 Å². The molecule has 0 radical (unpaired) electrons. The fraction of sp³-hybridized carbons (Fsp3) is 0.533. The summed E-state index contributed by atoms with van der Waals surface area (Å²) < 4.78 is 4.97. The summed E-state index contributed by atoms with van der Waals surface area (Å²) in [5, 5.41) is 3.41. The van der Waals surface area contributed by atoms with Crippen LogP contribution in [0.4, 0.5) is 0 Å². The van der Waals surface area contributed by atoms with Crippen molar-refractivity contribution in [2.24, 2.45) is 0 Å². The quantitative estimate of drug-likeness (QED) is 0.769. The van der Waals surface area contributed by atoms with Gasteiger partial charge in [-0.2, -0.15) is 0 Å². The second kappa shape index (κ2) is 4.39. The zero-order chi connectivity index (χ0) is 12.6. The molecule has 0 aromatic heterocycles. The number of carbonyl (C=O) groups excluding carboxylic acids is 1. The molecule has 96 valence electrons. The molecule has 0 amide bonds. The van der Waals surface area contributed by atoms with Crippen LogP contribution in [0.1, 0.15) is 36.3 Å². The molecule has 1 atom stereocenters. The third-order valence-electron chi connectivity index (χ3n) is 4.55. The second-order valence-corrected chi connectivity index (χ2v) is 5.40. The number of nitrogens with one attached hydrogen (secondary N) is 1. The lowest BCUT2D eigenvalue weighted by atomic mass is 9.74. The number of piperidine rings is 1. The van der Waals surface area contributed by atoms with Crippen molar-refractivity contribution in [2.75, 3.05) is 20.2 Å². The maximum Gasteiger partial charge on any atom is 0.313 e. The molecule has 3 heteroatoms. The van der Waals surface area contributed by atoms with Crippen LogP contribution < -0.4 is 5.32 Å². The number of fused-ring (bicyclic) bond motifs is 2. The molecule has 1 aliphatic heterocycles. The zero-order valence-corrected chi connectivity index (χ0v) is 10.7. The minimum Gasteiger partial charge on any atom is -0.469 e. The van der Waals surface area contributed by atoms with Crippen molar-refractivity contribution in [1.29, 1.82) is 0 Å². The highest BCUT2D eigenvalue weighted by Gasteiger charge is 2.46. The van der Waals surface area contributed by atoms with Crippen LogP contribution in [0.15, 0.2) is 24.3 Å². The van der Waals surface area contributed by atoms with E-state index in [4.69, 9.17) is 4.74 Å². The average molecular weight is 245 g/mol. The van der Waals surface area contributed by atoms with Crippen LogP contribution in [0.5, 0.6) is 0 Å². The molecule has 3 nitrogen and oxygen atoms in total. The number of hydrogen-bond acceptors (Lipinski definition) is 3. The Bertz CT molecular complexity index is 463. The highest BCUT2D eigenvalue weighted by Crippen LogP contribution is 2.51. The lowest BCUT2D eigenvalue weighted by Gasteiger charge is -2.35. The van der Waals surface area contributed by atoms with Crippen molar-refractivity contribution in [3.8, 4) is 0 Å².